The van der Waals surface area contributed by atoms with E-state index in [2.05, 4.69) is 21.2 Å². The fourth-order valence-corrected chi connectivity index (χ4v) is 4.80. The Balaban J connectivity index is 1.78. The van der Waals surface area contributed by atoms with Crippen molar-refractivity contribution in [1.82, 2.24) is 9.13 Å². The zero-order valence-corrected chi connectivity index (χ0v) is 19.6. The number of nitrogens with zero attached hydrogens (tertiary/aromatic N) is 2. The minimum Gasteiger partial charge on any atom is -0.496 e. The van der Waals surface area contributed by atoms with Gasteiger partial charge in [0.2, 0.25) is 0 Å². The van der Waals surface area contributed by atoms with Crippen LogP contribution in [0, 0.1) is 0 Å². The number of fused-ring (bicyclic) bond motifs is 1. The molecule has 0 fully saturated rings. The molecule has 0 saturated carbocycles. The molecule has 1 N–H and O–H groups in total. The SMILES string of the molecule is COc1ccc(C(=O)Nc2cc3c(cc2Sc2ccccc2)n(C)c(=O)n3C)cc1Br. The molecule has 8 heteroatoms. The van der Waals surface area contributed by atoms with Crippen molar-refractivity contribution in [2.45, 2.75) is 9.79 Å². The minimum absolute atomic E-state index is 0.117. The number of nitrogens with one attached hydrogen (secondary N) is 1. The summed E-state index contributed by atoms with van der Waals surface area (Å²) in [5, 5.41) is 3.01. The third-order valence-electron chi connectivity index (χ3n) is 5.01. The molecule has 0 spiro atoms. The number of carbonyl (C=O) groups is 1. The number of carbonyl (C=O) groups excluding carboxylic acids is 1. The molecule has 158 valence electrons. The van der Waals surface area contributed by atoms with Crippen LogP contribution in [-0.4, -0.2) is 22.2 Å². The van der Waals surface area contributed by atoms with Crippen molar-refractivity contribution < 1.29 is 9.53 Å². The van der Waals surface area contributed by atoms with Crippen LogP contribution in [0.15, 0.2) is 79.7 Å². The summed E-state index contributed by atoms with van der Waals surface area (Å²) in [5.41, 5.74) is 2.56. The molecule has 0 bridgehead atoms. The van der Waals surface area contributed by atoms with Crippen LogP contribution < -0.4 is 15.7 Å². The van der Waals surface area contributed by atoms with Crippen LogP contribution in [0.2, 0.25) is 0 Å². The van der Waals surface area contributed by atoms with Gasteiger partial charge in [-0.1, -0.05) is 30.0 Å². The fourth-order valence-electron chi connectivity index (χ4n) is 3.33. The van der Waals surface area contributed by atoms with E-state index in [1.54, 1.807) is 48.5 Å². The second-order valence-electron chi connectivity index (χ2n) is 6.96. The standard InChI is InChI=1S/C23H20BrN3O3S/c1-26-18-12-17(25-22(28)14-9-10-20(30-3)16(24)11-14)21(13-19(18)27(2)23(26)29)31-15-7-5-4-6-8-15/h4-13H,1-3H3,(H,25,28). The summed E-state index contributed by atoms with van der Waals surface area (Å²) in [4.78, 5) is 27.3. The molecule has 4 rings (SSSR count). The third kappa shape index (κ3) is 4.13. The van der Waals surface area contributed by atoms with Gasteiger partial charge in [0.1, 0.15) is 5.75 Å². The Hall–Kier alpha value is -2.97. The first-order valence-electron chi connectivity index (χ1n) is 9.46. The first kappa shape index (κ1) is 21.3. The van der Waals surface area contributed by atoms with E-state index in [4.69, 9.17) is 4.74 Å². The van der Waals surface area contributed by atoms with Gasteiger partial charge in [0.15, 0.2) is 0 Å². The van der Waals surface area contributed by atoms with Crippen molar-refractivity contribution >= 4 is 50.3 Å². The molecule has 1 amide bonds. The van der Waals surface area contributed by atoms with Gasteiger partial charge in [0, 0.05) is 29.4 Å². The summed E-state index contributed by atoms with van der Waals surface area (Å²) >= 11 is 4.95. The molecule has 3 aromatic carbocycles. The van der Waals surface area contributed by atoms with E-state index < -0.39 is 0 Å². The Morgan fingerprint density at radius 2 is 1.68 bits per heavy atom. The molecule has 1 aromatic heterocycles. The summed E-state index contributed by atoms with van der Waals surface area (Å²) in [6, 6.07) is 18.8. The van der Waals surface area contributed by atoms with Crippen molar-refractivity contribution in [3.05, 3.63) is 81.2 Å². The molecule has 0 atom stereocenters. The molecule has 1 heterocycles. The first-order chi connectivity index (χ1) is 14.9. The highest BCUT2D eigenvalue weighted by atomic mass is 79.9. The second kappa shape index (κ2) is 8.64. The van der Waals surface area contributed by atoms with Gasteiger partial charge in [0.25, 0.3) is 5.91 Å². The van der Waals surface area contributed by atoms with Crippen LogP contribution in [-0.2, 0) is 14.1 Å². The Bertz CT molecular complexity index is 1350. The van der Waals surface area contributed by atoms with Crippen LogP contribution in [0.5, 0.6) is 5.75 Å². The zero-order valence-electron chi connectivity index (χ0n) is 17.2. The molecule has 0 saturated heterocycles. The molecular weight excluding hydrogens is 478 g/mol. The smallest absolute Gasteiger partial charge is 0.328 e. The number of aromatic nitrogens is 2. The number of benzene rings is 3. The Kier molecular flexibility index (Phi) is 5.93. The predicted molar refractivity (Wildman–Crippen MR) is 127 cm³/mol. The summed E-state index contributed by atoms with van der Waals surface area (Å²) in [5.74, 6) is 0.399. The zero-order chi connectivity index (χ0) is 22.1. The van der Waals surface area contributed by atoms with Gasteiger partial charge in [-0.15, -0.1) is 0 Å². The van der Waals surface area contributed by atoms with Crippen LogP contribution in [0.4, 0.5) is 5.69 Å². The lowest BCUT2D eigenvalue weighted by Crippen LogP contribution is -2.19. The highest BCUT2D eigenvalue weighted by Gasteiger charge is 2.17. The quantitative estimate of drug-likeness (QED) is 0.418. The second-order valence-corrected chi connectivity index (χ2v) is 8.93. The number of imidazole rings is 1. The summed E-state index contributed by atoms with van der Waals surface area (Å²) in [6.07, 6.45) is 0. The van der Waals surface area contributed by atoms with E-state index in [1.807, 2.05) is 42.5 Å². The average Bonchev–Trinajstić information content (AvgIpc) is 2.98. The Morgan fingerprint density at radius 1 is 1.00 bits per heavy atom. The predicted octanol–water partition coefficient (Wildman–Crippen LogP) is 5.05. The highest BCUT2D eigenvalue weighted by Crippen LogP contribution is 2.36. The van der Waals surface area contributed by atoms with Crippen molar-refractivity contribution in [2.75, 3.05) is 12.4 Å². The number of hydrogen-bond donors (Lipinski definition) is 1. The van der Waals surface area contributed by atoms with Crippen LogP contribution in [0.25, 0.3) is 11.0 Å². The monoisotopic (exact) mass is 497 g/mol. The maximum atomic E-state index is 13.0. The highest BCUT2D eigenvalue weighted by molar-refractivity contribution is 9.10. The molecule has 0 radical (unpaired) electrons. The normalized spacial score (nSPS) is 11.0. The van der Waals surface area contributed by atoms with Crippen LogP contribution in [0.3, 0.4) is 0 Å². The van der Waals surface area contributed by atoms with Crippen molar-refractivity contribution in [2.24, 2.45) is 14.1 Å². The maximum absolute atomic E-state index is 13.0. The largest absolute Gasteiger partial charge is 0.496 e. The van der Waals surface area contributed by atoms with E-state index in [0.29, 0.717) is 21.5 Å². The number of hydrogen-bond acceptors (Lipinski definition) is 4. The van der Waals surface area contributed by atoms with Crippen LogP contribution >= 0.6 is 27.7 Å². The van der Waals surface area contributed by atoms with Gasteiger partial charge in [0.05, 0.1) is 28.3 Å². The summed E-state index contributed by atoms with van der Waals surface area (Å²) in [6.45, 7) is 0. The molecule has 0 aliphatic carbocycles. The van der Waals surface area contributed by atoms with Gasteiger partial charge < -0.3 is 10.1 Å². The number of methoxy groups -OCH3 is 1. The van der Waals surface area contributed by atoms with Gasteiger partial charge in [-0.2, -0.15) is 0 Å². The minimum atomic E-state index is -0.251. The average molecular weight is 498 g/mol. The van der Waals surface area contributed by atoms with E-state index >= 15 is 0 Å². The molecule has 4 aromatic rings. The van der Waals surface area contributed by atoms with Gasteiger partial charge in [-0.3, -0.25) is 13.9 Å². The molecule has 0 unspecified atom stereocenters. The molecule has 0 aliphatic heterocycles. The topological polar surface area (TPSA) is 65.3 Å². The molecule has 0 aliphatic rings. The summed E-state index contributed by atoms with van der Waals surface area (Å²) < 4.78 is 9.12. The first-order valence-corrected chi connectivity index (χ1v) is 11.1. The van der Waals surface area contributed by atoms with Crippen molar-refractivity contribution in [3.8, 4) is 5.75 Å². The maximum Gasteiger partial charge on any atom is 0.328 e. The molecule has 6 nitrogen and oxygen atoms in total. The summed E-state index contributed by atoms with van der Waals surface area (Å²) in [7, 11) is 5.04. The Labute approximate surface area is 192 Å². The number of aryl methyl sites for hydroxylation is 2. The van der Waals surface area contributed by atoms with Crippen LogP contribution in [0.1, 0.15) is 10.4 Å². The number of anilines is 1. The van der Waals surface area contributed by atoms with E-state index in [9.17, 15) is 9.59 Å². The van der Waals surface area contributed by atoms with Gasteiger partial charge in [-0.25, -0.2) is 4.79 Å². The van der Waals surface area contributed by atoms with Crippen molar-refractivity contribution in [3.63, 3.8) is 0 Å². The van der Waals surface area contributed by atoms with Gasteiger partial charge in [-0.05, 0) is 58.4 Å². The van der Waals surface area contributed by atoms with Crippen molar-refractivity contribution in [1.29, 1.82) is 0 Å². The fraction of sp³-hybridized carbons (Fsp3) is 0.130. The number of halogens is 1. The van der Waals surface area contributed by atoms with E-state index in [1.165, 1.54) is 11.8 Å². The number of rotatable bonds is 5. The lowest BCUT2D eigenvalue weighted by atomic mass is 10.2. The molecular formula is C23H20BrN3O3S. The lowest BCUT2D eigenvalue weighted by Gasteiger charge is -2.13. The number of ether oxygens (including phenoxy) is 1. The third-order valence-corrected chi connectivity index (χ3v) is 6.69. The lowest BCUT2D eigenvalue weighted by molar-refractivity contribution is 0.102. The number of amides is 1. The van der Waals surface area contributed by atoms with E-state index in [0.717, 1.165) is 20.8 Å². The van der Waals surface area contributed by atoms with E-state index in [-0.39, 0.29) is 11.6 Å². The van der Waals surface area contributed by atoms with Gasteiger partial charge >= 0.3 is 5.69 Å². The molecule has 31 heavy (non-hydrogen) atoms. The Morgan fingerprint density at radius 3 is 2.32 bits per heavy atom.